The Morgan fingerprint density at radius 2 is 2.00 bits per heavy atom. The van der Waals surface area contributed by atoms with Crippen molar-refractivity contribution in [3.8, 4) is 5.75 Å². The van der Waals surface area contributed by atoms with Crippen LogP contribution in [0.2, 0.25) is 0 Å². The number of rotatable bonds is 11. The van der Waals surface area contributed by atoms with Crippen molar-refractivity contribution in [3.05, 3.63) is 29.3 Å². The number of methoxy groups -OCH3 is 1. The van der Waals surface area contributed by atoms with Gasteiger partial charge in [0.2, 0.25) is 0 Å². The molecule has 4 heteroatoms. The van der Waals surface area contributed by atoms with Crippen LogP contribution < -0.4 is 10.1 Å². The van der Waals surface area contributed by atoms with Crippen molar-refractivity contribution in [2.24, 2.45) is 0 Å². The Hall–Kier alpha value is -1.10. The molecule has 4 nitrogen and oxygen atoms in total. The Morgan fingerprint density at radius 1 is 1.15 bits per heavy atom. The molecule has 114 valence electrons. The van der Waals surface area contributed by atoms with Crippen molar-refractivity contribution < 1.29 is 14.6 Å². The smallest absolute Gasteiger partial charge is 0.126 e. The summed E-state index contributed by atoms with van der Waals surface area (Å²) in [6, 6.07) is 6.22. The van der Waals surface area contributed by atoms with Crippen LogP contribution in [-0.4, -0.2) is 38.6 Å². The number of hydrogen-bond acceptors (Lipinski definition) is 4. The molecule has 0 spiro atoms. The van der Waals surface area contributed by atoms with Crippen molar-refractivity contribution in [1.29, 1.82) is 0 Å². The third kappa shape index (κ3) is 6.37. The van der Waals surface area contributed by atoms with Crippen molar-refractivity contribution >= 4 is 0 Å². The number of benzene rings is 1. The van der Waals surface area contributed by atoms with Crippen LogP contribution in [0.25, 0.3) is 0 Å². The summed E-state index contributed by atoms with van der Waals surface area (Å²) in [5.74, 6) is 0.987. The normalized spacial score (nSPS) is 10.8. The van der Waals surface area contributed by atoms with Crippen LogP contribution in [0.4, 0.5) is 0 Å². The molecule has 0 fully saturated rings. The van der Waals surface area contributed by atoms with Crippen LogP contribution in [0, 0.1) is 6.92 Å². The lowest BCUT2D eigenvalue weighted by Gasteiger charge is -2.14. The highest BCUT2D eigenvalue weighted by Gasteiger charge is 2.06. The van der Waals surface area contributed by atoms with Gasteiger partial charge in [-0.2, -0.15) is 0 Å². The van der Waals surface area contributed by atoms with Gasteiger partial charge >= 0.3 is 0 Å². The van der Waals surface area contributed by atoms with Gasteiger partial charge in [-0.1, -0.05) is 18.2 Å². The molecule has 0 aliphatic rings. The molecule has 0 radical (unpaired) electrons. The van der Waals surface area contributed by atoms with E-state index in [2.05, 4.69) is 30.4 Å². The first-order valence-corrected chi connectivity index (χ1v) is 7.31. The van der Waals surface area contributed by atoms with Crippen molar-refractivity contribution in [3.63, 3.8) is 0 Å². The van der Waals surface area contributed by atoms with Crippen LogP contribution >= 0.6 is 0 Å². The van der Waals surface area contributed by atoms with Crippen LogP contribution in [0.1, 0.15) is 30.4 Å². The quantitative estimate of drug-likeness (QED) is 0.611. The molecule has 0 atom stereocenters. The first kappa shape index (κ1) is 17.0. The van der Waals surface area contributed by atoms with Crippen molar-refractivity contribution in [2.45, 2.75) is 32.7 Å². The fourth-order valence-electron chi connectivity index (χ4n) is 2.02. The predicted octanol–water partition coefficient (Wildman–Crippen LogP) is 2.27. The Bertz CT molecular complexity index is 369. The van der Waals surface area contributed by atoms with Gasteiger partial charge in [-0.15, -0.1) is 0 Å². The number of ether oxygens (including phenoxy) is 2. The lowest BCUT2D eigenvalue weighted by molar-refractivity contribution is 0.199. The van der Waals surface area contributed by atoms with Gasteiger partial charge in [-0.05, 0) is 31.7 Å². The summed E-state index contributed by atoms with van der Waals surface area (Å²) in [6.45, 7) is 5.37. The number of para-hydroxylation sites is 1. The SMILES string of the molecule is COCCNCc1cccc(C)c1OCCCCCO. The molecule has 0 aromatic heterocycles. The van der Waals surface area contributed by atoms with E-state index in [1.165, 1.54) is 5.56 Å². The monoisotopic (exact) mass is 281 g/mol. The Labute approximate surface area is 122 Å². The molecule has 0 aliphatic carbocycles. The molecule has 0 unspecified atom stereocenters. The molecule has 20 heavy (non-hydrogen) atoms. The van der Waals surface area contributed by atoms with Gasteiger partial charge in [0, 0.05) is 32.4 Å². The summed E-state index contributed by atoms with van der Waals surface area (Å²) < 4.78 is 10.9. The minimum Gasteiger partial charge on any atom is -0.493 e. The summed E-state index contributed by atoms with van der Waals surface area (Å²) in [4.78, 5) is 0. The molecular weight excluding hydrogens is 254 g/mol. The van der Waals surface area contributed by atoms with Gasteiger partial charge in [-0.25, -0.2) is 0 Å². The van der Waals surface area contributed by atoms with Gasteiger partial charge < -0.3 is 19.9 Å². The standard InChI is InChI=1S/C16H27NO3/c1-14-7-6-8-15(13-17-9-12-19-2)16(14)20-11-5-3-4-10-18/h6-8,17-18H,3-5,9-13H2,1-2H3. The predicted molar refractivity (Wildman–Crippen MR) is 81.2 cm³/mol. The van der Waals surface area contributed by atoms with E-state index >= 15 is 0 Å². The zero-order valence-electron chi connectivity index (χ0n) is 12.7. The largest absolute Gasteiger partial charge is 0.493 e. The molecule has 1 aromatic rings. The average Bonchev–Trinajstić information content (AvgIpc) is 2.45. The maximum absolute atomic E-state index is 8.75. The maximum atomic E-state index is 8.75. The van der Waals surface area contributed by atoms with Gasteiger partial charge in [0.05, 0.1) is 13.2 Å². The molecule has 1 aromatic carbocycles. The van der Waals surface area contributed by atoms with Crippen LogP contribution in [-0.2, 0) is 11.3 Å². The van der Waals surface area contributed by atoms with Crippen LogP contribution in [0.3, 0.4) is 0 Å². The van der Waals surface area contributed by atoms with E-state index in [0.29, 0.717) is 13.2 Å². The number of unbranched alkanes of at least 4 members (excludes halogenated alkanes) is 2. The van der Waals surface area contributed by atoms with E-state index in [4.69, 9.17) is 14.6 Å². The highest BCUT2D eigenvalue weighted by atomic mass is 16.5. The summed E-state index contributed by atoms with van der Waals surface area (Å²) in [6.07, 6.45) is 2.83. The van der Waals surface area contributed by atoms with Gasteiger partial charge in [0.1, 0.15) is 5.75 Å². The third-order valence-electron chi connectivity index (χ3n) is 3.14. The number of aryl methyl sites for hydroxylation is 1. The number of nitrogens with one attached hydrogen (secondary N) is 1. The van der Waals surface area contributed by atoms with E-state index < -0.39 is 0 Å². The van der Waals surface area contributed by atoms with Crippen LogP contribution in [0.5, 0.6) is 5.75 Å². The highest BCUT2D eigenvalue weighted by Crippen LogP contribution is 2.23. The maximum Gasteiger partial charge on any atom is 0.126 e. The summed E-state index contributed by atoms with van der Waals surface area (Å²) in [7, 11) is 1.70. The molecule has 0 amide bonds. The van der Waals surface area contributed by atoms with E-state index in [1.54, 1.807) is 7.11 Å². The fraction of sp³-hybridized carbons (Fsp3) is 0.625. The lowest BCUT2D eigenvalue weighted by atomic mass is 10.1. The minimum atomic E-state index is 0.263. The second-order valence-electron chi connectivity index (χ2n) is 4.87. The zero-order chi connectivity index (χ0) is 14.6. The molecule has 0 aliphatic heterocycles. The van der Waals surface area contributed by atoms with Gasteiger partial charge in [-0.3, -0.25) is 0 Å². The molecule has 2 N–H and O–H groups in total. The molecule has 0 bridgehead atoms. The van der Waals surface area contributed by atoms with Gasteiger partial charge in [0.25, 0.3) is 0 Å². The van der Waals surface area contributed by atoms with E-state index in [-0.39, 0.29) is 6.61 Å². The second-order valence-corrected chi connectivity index (χ2v) is 4.87. The topological polar surface area (TPSA) is 50.7 Å². The number of aliphatic hydroxyl groups is 1. The van der Waals surface area contributed by atoms with Crippen LogP contribution in [0.15, 0.2) is 18.2 Å². The molecule has 0 saturated heterocycles. The Kier molecular flexibility index (Phi) is 9.04. The van der Waals surface area contributed by atoms with Crippen molar-refractivity contribution in [1.82, 2.24) is 5.32 Å². The fourth-order valence-corrected chi connectivity index (χ4v) is 2.02. The summed E-state index contributed by atoms with van der Waals surface area (Å²) >= 11 is 0. The van der Waals surface area contributed by atoms with Crippen molar-refractivity contribution in [2.75, 3.05) is 33.5 Å². The Morgan fingerprint density at radius 3 is 2.75 bits per heavy atom. The molecule has 0 heterocycles. The van der Waals surface area contributed by atoms with E-state index in [1.807, 2.05) is 0 Å². The van der Waals surface area contributed by atoms with E-state index in [0.717, 1.165) is 43.7 Å². The molecule has 0 saturated carbocycles. The molecular formula is C16H27NO3. The summed E-state index contributed by atoms with van der Waals surface area (Å²) in [5.41, 5.74) is 2.35. The average molecular weight is 281 g/mol. The summed E-state index contributed by atoms with van der Waals surface area (Å²) in [5, 5.41) is 12.1. The lowest BCUT2D eigenvalue weighted by Crippen LogP contribution is -2.19. The minimum absolute atomic E-state index is 0.263. The number of aliphatic hydroxyl groups excluding tert-OH is 1. The first-order valence-electron chi connectivity index (χ1n) is 7.31. The van der Waals surface area contributed by atoms with E-state index in [9.17, 15) is 0 Å². The third-order valence-corrected chi connectivity index (χ3v) is 3.14. The van der Waals surface area contributed by atoms with Gasteiger partial charge in [0.15, 0.2) is 0 Å². The first-order chi connectivity index (χ1) is 9.79. The molecule has 1 rings (SSSR count). The second kappa shape index (κ2) is 10.7. The number of hydrogen-bond donors (Lipinski definition) is 2. The highest BCUT2D eigenvalue weighted by molar-refractivity contribution is 5.40. The zero-order valence-corrected chi connectivity index (χ0v) is 12.7. The Balaban J connectivity index is 2.45.